The molecule has 0 radical (unpaired) electrons. The molecule has 2 aromatic carbocycles. The molecule has 0 heterocycles. The van der Waals surface area contributed by atoms with Gasteiger partial charge in [-0.05, 0) is 36.7 Å². The van der Waals surface area contributed by atoms with Crippen LogP contribution in [0.1, 0.15) is 38.8 Å². The van der Waals surface area contributed by atoms with E-state index in [1.165, 1.54) is 11.1 Å². The molecule has 0 atom stereocenters. The second kappa shape index (κ2) is 8.20. The molecule has 0 aliphatic heterocycles. The Kier molecular flexibility index (Phi) is 6.27. The Morgan fingerprint density at radius 2 is 1.75 bits per heavy atom. The number of rotatable bonds is 8. The first kappa shape index (κ1) is 18.3. The minimum absolute atomic E-state index is 0.129. The van der Waals surface area contributed by atoms with E-state index in [0.29, 0.717) is 5.75 Å². The largest absolute Gasteiger partial charge is 0.508 e. The van der Waals surface area contributed by atoms with Crippen LogP contribution in [-0.4, -0.2) is 24.7 Å². The van der Waals surface area contributed by atoms with Crippen molar-refractivity contribution >= 4 is 5.69 Å². The van der Waals surface area contributed by atoms with E-state index in [1.807, 2.05) is 18.2 Å². The Morgan fingerprint density at radius 1 is 1.04 bits per heavy atom. The average molecular weight is 326 g/mol. The molecule has 2 N–H and O–H groups in total. The highest BCUT2D eigenvalue weighted by Gasteiger charge is 2.19. The van der Waals surface area contributed by atoms with Gasteiger partial charge in [-0.1, -0.05) is 51.1 Å². The van der Waals surface area contributed by atoms with Gasteiger partial charge in [-0.25, -0.2) is 0 Å². The van der Waals surface area contributed by atoms with Gasteiger partial charge in [0.2, 0.25) is 0 Å². The summed E-state index contributed by atoms with van der Waals surface area (Å²) in [5.74, 6) is 0.312. The van der Waals surface area contributed by atoms with Crippen LogP contribution in [0.25, 0.3) is 0 Å². The molecule has 0 unspecified atom stereocenters. The van der Waals surface area contributed by atoms with E-state index in [2.05, 4.69) is 62.2 Å². The van der Waals surface area contributed by atoms with E-state index in [1.54, 1.807) is 6.07 Å². The van der Waals surface area contributed by atoms with Crippen LogP contribution in [0.5, 0.6) is 5.75 Å². The van der Waals surface area contributed by atoms with Gasteiger partial charge in [-0.15, -0.1) is 0 Å². The number of likely N-dealkylation sites (N-methyl/N-ethyl adjacent to an activating group) is 1. The zero-order valence-electron chi connectivity index (χ0n) is 15.3. The van der Waals surface area contributed by atoms with Crippen LogP contribution in [0, 0.1) is 0 Å². The molecule has 0 aliphatic rings. The molecule has 3 heteroatoms. The second-order valence-electron chi connectivity index (χ2n) is 6.90. The zero-order valence-corrected chi connectivity index (χ0v) is 15.3. The molecular formula is C21H30N2O. The number of nitrogens with zero attached hydrogens (tertiary/aromatic N) is 1. The van der Waals surface area contributed by atoms with Crippen molar-refractivity contribution in [3.63, 3.8) is 0 Å². The molecule has 0 bridgehead atoms. The maximum Gasteiger partial charge on any atom is 0.117 e. The molecule has 0 saturated carbocycles. The number of hydrogen-bond donors (Lipinski definition) is 2. The summed E-state index contributed by atoms with van der Waals surface area (Å²) in [6, 6.07) is 16.4. The Balaban J connectivity index is 2.10. The minimum atomic E-state index is 0.129. The Labute approximate surface area is 146 Å². The summed E-state index contributed by atoms with van der Waals surface area (Å²) in [6.45, 7) is 12.5. The van der Waals surface area contributed by atoms with Crippen molar-refractivity contribution in [1.29, 1.82) is 0 Å². The Morgan fingerprint density at radius 3 is 2.33 bits per heavy atom. The summed E-state index contributed by atoms with van der Waals surface area (Å²) in [6.07, 6.45) is 0. The van der Waals surface area contributed by atoms with Crippen LogP contribution < -0.4 is 10.2 Å². The third-order valence-electron chi connectivity index (χ3n) is 4.50. The van der Waals surface area contributed by atoms with Gasteiger partial charge >= 0.3 is 0 Å². The van der Waals surface area contributed by atoms with Gasteiger partial charge in [0, 0.05) is 36.8 Å². The van der Waals surface area contributed by atoms with Crippen LogP contribution in [0.2, 0.25) is 0 Å². The summed E-state index contributed by atoms with van der Waals surface area (Å²) < 4.78 is 0. The van der Waals surface area contributed by atoms with Crippen molar-refractivity contribution < 1.29 is 5.11 Å². The molecule has 2 rings (SSSR count). The van der Waals surface area contributed by atoms with Crippen LogP contribution in [0.4, 0.5) is 5.69 Å². The number of phenols is 1. The third-order valence-corrected chi connectivity index (χ3v) is 4.50. The van der Waals surface area contributed by atoms with Crippen LogP contribution in [0.15, 0.2) is 48.5 Å². The number of aromatic hydroxyl groups is 1. The fraction of sp³-hybridized carbons (Fsp3) is 0.429. The molecule has 2 aromatic rings. The number of anilines is 1. The molecule has 0 saturated heterocycles. The van der Waals surface area contributed by atoms with E-state index < -0.39 is 0 Å². The molecular weight excluding hydrogens is 296 g/mol. The predicted octanol–water partition coefficient (Wildman–Crippen LogP) is 4.31. The second-order valence-corrected chi connectivity index (χ2v) is 6.90. The van der Waals surface area contributed by atoms with Crippen molar-refractivity contribution in [2.45, 2.75) is 39.7 Å². The predicted molar refractivity (Wildman–Crippen MR) is 103 cm³/mol. The van der Waals surface area contributed by atoms with Gasteiger partial charge in [0.25, 0.3) is 0 Å². The molecule has 130 valence electrons. The summed E-state index contributed by atoms with van der Waals surface area (Å²) in [5, 5.41) is 13.1. The topological polar surface area (TPSA) is 35.5 Å². The van der Waals surface area contributed by atoms with Gasteiger partial charge in [0.15, 0.2) is 0 Å². The van der Waals surface area contributed by atoms with Crippen LogP contribution in [0.3, 0.4) is 0 Å². The first-order valence-electron chi connectivity index (χ1n) is 8.80. The van der Waals surface area contributed by atoms with Gasteiger partial charge in [0.05, 0.1) is 0 Å². The normalized spacial score (nSPS) is 11.5. The van der Waals surface area contributed by atoms with Crippen molar-refractivity contribution in [3.05, 3.63) is 59.7 Å². The fourth-order valence-corrected chi connectivity index (χ4v) is 2.90. The van der Waals surface area contributed by atoms with Crippen molar-refractivity contribution in [2.24, 2.45) is 0 Å². The number of benzene rings is 2. The van der Waals surface area contributed by atoms with E-state index in [-0.39, 0.29) is 5.41 Å². The molecule has 0 fully saturated rings. The Hall–Kier alpha value is -2.00. The lowest BCUT2D eigenvalue weighted by Gasteiger charge is -2.27. The lowest BCUT2D eigenvalue weighted by molar-refractivity contribution is 0.475. The van der Waals surface area contributed by atoms with Crippen LogP contribution in [-0.2, 0) is 12.0 Å². The number of nitrogens with one attached hydrogen (secondary N) is 1. The number of hydrogen-bond acceptors (Lipinski definition) is 3. The molecule has 0 spiro atoms. The molecule has 0 aromatic heterocycles. The third kappa shape index (κ3) is 4.75. The molecule has 3 nitrogen and oxygen atoms in total. The summed E-state index contributed by atoms with van der Waals surface area (Å²) in [5.41, 5.74) is 3.81. The van der Waals surface area contributed by atoms with Gasteiger partial charge in [-0.2, -0.15) is 0 Å². The van der Waals surface area contributed by atoms with E-state index >= 15 is 0 Å². The highest BCUT2D eigenvalue weighted by molar-refractivity contribution is 5.50. The maximum atomic E-state index is 9.69. The van der Waals surface area contributed by atoms with Crippen molar-refractivity contribution in [1.82, 2.24) is 5.32 Å². The standard InChI is InChI=1S/C21H30N2O/c1-5-22-16-21(3,4)18-12-10-17(11-13-18)15-23(6-2)19-8-7-9-20(24)14-19/h7-14,22,24H,5-6,15-16H2,1-4H3. The first-order valence-corrected chi connectivity index (χ1v) is 8.80. The summed E-state index contributed by atoms with van der Waals surface area (Å²) in [7, 11) is 0. The van der Waals surface area contributed by atoms with Gasteiger partial charge in [0.1, 0.15) is 5.75 Å². The lowest BCUT2D eigenvalue weighted by atomic mass is 9.84. The van der Waals surface area contributed by atoms with Crippen molar-refractivity contribution in [2.75, 3.05) is 24.5 Å². The van der Waals surface area contributed by atoms with Crippen LogP contribution >= 0.6 is 0 Å². The van der Waals surface area contributed by atoms with E-state index in [0.717, 1.165) is 31.9 Å². The molecule has 24 heavy (non-hydrogen) atoms. The van der Waals surface area contributed by atoms with E-state index in [4.69, 9.17) is 0 Å². The van der Waals surface area contributed by atoms with Gasteiger partial charge in [-0.3, -0.25) is 0 Å². The SMILES string of the molecule is CCNCC(C)(C)c1ccc(CN(CC)c2cccc(O)c2)cc1. The smallest absolute Gasteiger partial charge is 0.117 e. The van der Waals surface area contributed by atoms with Crippen molar-refractivity contribution in [3.8, 4) is 5.75 Å². The highest BCUT2D eigenvalue weighted by Crippen LogP contribution is 2.25. The summed E-state index contributed by atoms with van der Waals surface area (Å²) >= 11 is 0. The average Bonchev–Trinajstić information content (AvgIpc) is 2.58. The molecule has 0 amide bonds. The lowest BCUT2D eigenvalue weighted by Crippen LogP contribution is -2.32. The monoisotopic (exact) mass is 326 g/mol. The highest BCUT2D eigenvalue weighted by atomic mass is 16.3. The first-order chi connectivity index (χ1) is 11.5. The fourth-order valence-electron chi connectivity index (χ4n) is 2.90. The molecule has 0 aliphatic carbocycles. The zero-order chi connectivity index (χ0) is 17.6. The maximum absolute atomic E-state index is 9.69. The Bertz CT molecular complexity index is 635. The van der Waals surface area contributed by atoms with Gasteiger partial charge < -0.3 is 15.3 Å². The van der Waals surface area contributed by atoms with E-state index in [9.17, 15) is 5.11 Å². The quantitative estimate of drug-likeness (QED) is 0.759. The number of phenolic OH excluding ortho intramolecular Hbond substituents is 1. The summed E-state index contributed by atoms with van der Waals surface area (Å²) in [4.78, 5) is 2.26. The minimum Gasteiger partial charge on any atom is -0.508 e.